The van der Waals surface area contributed by atoms with E-state index in [1.54, 1.807) is 0 Å². The number of hydrogen-bond donors (Lipinski definition) is 19. The van der Waals surface area contributed by atoms with Crippen molar-refractivity contribution < 1.29 is 56.7 Å². The first-order valence-electron chi connectivity index (χ1n) is 29.5. The number of aromatic nitrogens is 2. The third-order valence-corrected chi connectivity index (χ3v) is 13.7. The van der Waals surface area contributed by atoms with Crippen molar-refractivity contribution in [2.75, 3.05) is 65.4 Å². The van der Waals surface area contributed by atoms with Gasteiger partial charge in [0.1, 0.15) is 48.0 Å². The van der Waals surface area contributed by atoms with Gasteiger partial charge < -0.3 is 109 Å². The molecule has 2 heterocycles. The Morgan fingerprint density at radius 1 is 0.655 bits per heavy atom. The summed E-state index contributed by atoms with van der Waals surface area (Å²) >= 11 is 0. The summed E-state index contributed by atoms with van der Waals surface area (Å²) in [5.74, 6) is -12.7. The average molecular weight is 1240 g/mol. The second-order valence-corrected chi connectivity index (χ2v) is 21.1. The molecule has 34 heteroatoms. The topological polar surface area (TPSA) is 557 Å². The molecule has 0 aliphatic carbocycles. The van der Waals surface area contributed by atoms with Gasteiger partial charge in [-0.2, -0.15) is 0 Å². The molecule has 2 rings (SSSR count). The number of carbonyl (C=O) groups is 10. The van der Waals surface area contributed by atoms with Gasteiger partial charge in [0.2, 0.25) is 53.2 Å². The number of nitrogens with one attached hydrogen (secondary N) is 10. The maximum atomic E-state index is 15.5. The number of guanidine groups is 1. The normalized spacial score (nSPS) is 16.1. The van der Waals surface area contributed by atoms with Crippen LogP contribution in [0.1, 0.15) is 115 Å². The molecule has 32 nitrogen and oxygen atoms in total. The summed E-state index contributed by atoms with van der Waals surface area (Å²) in [5.41, 5.74) is 50.9. The number of nitrogens with zero attached hydrogens (tertiary/aromatic N) is 3. The number of aromatic amines is 1. The zero-order valence-corrected chi connectivity index (χ0v) is 49.8. The van der Waals surface area contributed by atoms with Crippen molar-refractivity contribution in [3.63, 3.8) is 0 Å². The van der Waals surface area contributed by atoms with Crippen LogP contribution in [0.15, 0.2) is 29.3 Å². The maximum Gasteiger partial charge on any atom is 0.268 e. The molecule has 1 saturated heterocycles. The molecule has 0 bridgehead atoms. The highest BCUT2D eigenvalue weighted by Crippen LogP contribution is 2.33. The highest BCUT2D eigenvalue weighted by molar-refractivity contribution is 6.02. The quantitative estimate of drug-likeness (QED) is 0.0125. The summed E-state index contributed by atoms with van der Waals surface area (Å²) in [5, 5.41) is 22.8. The maximum absolute atomic E-state index is 15.5. The molecule has 0 spiro atoms. The van der Waals surface area contributed by atoms with Crippen LogP contribution in [-0.2, 0) is 54.4 Å². The number of halogens is 2. The summed E-state index contributed by atoms with van der Waals surface area (Å²) in [6.07, 6.45) is 6.85. The molecule has 0 saturated carbocycles. The van der Waals surface area contributed by atoms with Gasteiger partial charge in [0.05, 0.1) is 25.5 Å². The minimum atomic E-state index is -3.65. The molecule has 1 aromatic heterocycles. The number of likely N-dealkylation sites (tertiary alicyclic amines) is 1. The lowest BCUT2D eigenvalue weighted by molar-refractivity contribution is -0.142. The fraction of sp³-hybridized carbons (Fsp3) is 0.698. The summed E-state index contributed by atoms with van der Waals surface area (Å²) in [4.78, 5) is 148. The van der Waals surface area contributed by atoms with E-state index >= 15 is 8.78 Å². The number of imidazole rings is 1. The van der Waals surface area contributed by atoms with Gasteiger partial charge >= 0.3 is 0 Å². The Morgan fingerprint density at radius 2 is 1.23 bits per heavy atom. The molecule has 1 fully saturated rings. The van der Waals surface area contributed by atoms with Crippen molar-refractivity contribution in [1.29, 1.82) is 0 Å². The highest BCUT2D eigenvalue weighted by atomic mass is 19.3. The van der Waals surface area contributed by atoms with Gasteiger partial charge in [0, 0.05) is 37.8 Å². The number of aliphatic imine (C=N–C) groups is 1. The lowest BCUT2D eigenvalue weighted by Gasteiger charge is -2.30. The molecular formula is C53H96F2N22O10. The van der Waals surface area contributed by atoms with Crippen LogP contribution in [0, 0.1) is 0 Å². The van der Waals surface area contributed by atoms with E-state index in [9.17, 15) is 47.9 Å². The van der Waals surface area contributed by atoms with Gasteiger partial charge in [-0.15, -0.1) is 0 Å². The van der Waals surface area contributed by atoms with E-state index in [2.05, 4.69) is 62.8 Å². The Balaban J connectivity index is 2.39. The molecule has 28 N–H and O–H groups in total. The zero-order chi connectivity index (χ0) is 64.9. The van der Waals surface area contributed by atoms with Crippen molar-refractivity contribution in [2.45, 2.75) is 170 Å². The first kappa shape index (κ1) is 75.6. The van der Waals surface area contributed by atoms with Gasteiger partial charge in [0.15, 0.2) is 5.96 Å². The number of rotatable bonds is 44. The Bertz CT molecular complexity index is 2400. The van der Waals surface area contributed by atoms with Gasteiger partial charge in [-0.1, -0.05) is 12.5 Å². The average Bonchev–Trinajstić information content (AvgIpc) is 2.11. The molecule has 1 aliphatic heterocycles. The predicted molar refractivity (Wildman–Crippen MR) is 319 cm³/mol. The molecule has 0 unspecified atom stereocenters. The van der Waals surface area contributed by atoms with Crippen LogP contribution < -0.4 is 99.5 Å². The van der Waals surface area contributed by atoms with Crippen LogP contribution >= 0.6 is 0 Å². The summed E-state index contributed by atoms with van der Waals surface area (Å²) in [6, 6.07) is -11.0. The largest absolute Gasteiger partial charge is 0.370 e. The molecule has 0 aromatic carbocycles. The van der Waals surface area contributed by atoms with Crippen molar-refractivity contribution >= 4 is 65.0 Å². The number of carbonyl (C=O) groups excluding carboxylic acids is 10. The summed E-state index contributed by atoms with van der Waals surface area (Å²) < 4.78 is 31.0. The third kappa shape index (κ3) is 29.2. The van der Waals surface area contributed by atoms with Gasteiger partial charge in [0.25, 0.3) is 11.8 Å². The van der Waals surface area contributed by atoms with Crippen molar-refractivity contribution in [3.05, 3.63) is 30.0 Å². The monoisotopic (exact) mass is 1240 g/mol. The van der Waals surface area contributed by atoms with Crippen molar-refractivity contribution in [3.8, 4) is 0 Å². The smallest absolute Gasteiger partial charge is 0.268 e. The molecular weight excluding hydrogens is 1140 g/mol. The first-order valence-corrected chi connectivity index (χ1v) is 29.5. The molecule has 1 aromatic rings. The van der Waals surface area contributed by atoms with Crippen LogP contribution in [0.3, 0.4) is 0 Å². The van der Waals surface area contributed by atoms with Crippen LogP contribution in [0.4, 0.5) is 8.78 Å². The predicted octanol–water partition coefficient (Wildman–Crippen LogP) is -6.45. The van der Waals surface area contributed by atoms with Crippen LogP contribution in [0.2, 0.25) is 0 Å². The van der Waals surface area contributed by atoms with E-state index in [1.165, 1.54) is 25.5 Å². The number of alkyl halides is 2. The number of H-pyrrole nitrogens is 1. The van der Waals surface area contributed by atoms with E-state index in [1.807, 2.05) is 0 Å². The fourth-order valence-corrected chi connectivity index (χ4v) is 8.91. The second kappa shape index (κ2) is 41.6. The molecule has 10 amide bonds. The highest BCUT2D eigenvalue weighted by Gasteiger charge is 2.51. The first-order chi connectivity index (χ1) is 41.4. The lowest BCUT2D eigenvalue weighted by Crippen LogP contribution is -2.59. The summed E-state index contributed by atoms with van der Waals surface area (Å²) in [7, 11) is 0. The van der Waals surface area contributed by atoms with Gasteiger partial charge in [-0.25, -0.2) is 13.8 Å². The van der Waals surface area contributed by atoms with E-state index in [4.69, 9.17) is 51.6 Å². The number of unbranched alkanes of at least 4 members (excludes halogenated alkanes) is 4. The SMILES string of the molecule is C[C@H](NC(=O)[C@H](CCN)NC(=O)[C@@H](N)CCCCN)C(=O)NCC(=O)N[C@H](CCCN)C(=O)N1CC(F)(F)C[C@H]1C(=O)N[C@@H](Cc1cnc[nH]1)C(=O)N[C@@H](CCCCN)C(=O)N/C(=C\CCN=C(N)N)C(=O)N[C@@H](CCCCN)C(=O)NCCCCN. The van der Waals surface area contributed by atoms with E-state index in [-0.39, 0.29) is 101 Å². The number of nitrogens with two attached hydrogens (primary N) is 9. The Hall–Kier alpha value is -7.50. The van der Waals surface area contributed by atoms with Crippen LogP contribution in [0.5, 0.6) is 0 Å². The minimum Gasteiger partial charge on any atom is -0.370 e. The third-order valence-electron chi connectivity index (χ3n) is 13.7. The molecule has 87 heavy (non-hydrogen) atoms. The minimum absolute atomic E-state index is 0.000432. The Morgan fingerprint density at radius 3 is 1.83 bits per heavy atom. The van der Waals surface area contributed by atoms with Gasteiger partial charge in [-0.3, -0.25) is 52.9 Å². The summed E-state index contributed by atoms with van der Waals surface area (Å²) in [6.45, 7) is 0.866. The fourth-order valence-electron chi connectivity index (χ4n) is 8.91. The van der Waals surface area contributed by atoms with E-state index in [0.717, 1.165) is 0 Å². The molecule has 8 atom stereocenters. The van der Waals surface area contributed by atoms with E-state index in [0.29, 0.717) is 75.9 Å². The van der Waals surface area contributed by atoms with Crippen molar-refractivity contribution in [2.24, 2.45) is 56.6 Å². The Kier molecular flexibility index (Phi) is 36.1. The van der Waals surface area contributed by atoms with Crippen LogP contribution in [-0.4, -0.2) is 200 Å². The molecule has 0 radical (unpaired) electrons. The molecule has 492 valence electrons. The standard InChI is InChI=1S/C53H96F2N22O10/c1-32(70-46(82)38(17-23-61)72-44(80)34(62)12-2-5-18-56)43(79)68-29-42(78)71-39(15-10-22-60)51(87)77-30-53(54,55)27-41(77)50(86)76-40(26-33-28-65-31-69-33)49(85)75-36(14-4-7-20-58)47(83)74-37(16-11-25-67-52(63)64)48(84)73-35(13-3-6-19-57)45(81)66-24-9-8-21-59/h16,28,31-32,34-36,38-41H,2-15,17-27,29-30,56-62H2,1H3,(H,65,69)(H,66,81)(H,68,79)(H,70,82)(H,71,78)(H,72,80)(H,73,84)(H,74,83)(H,75,85)(H,76,86)(H4,63,64,67)/b37-16-/t32-,34-,35-,36-,38-,39+,40-,41-/m0/s1. The lowest BCUT2D eigenvalue weighted by atomic mass is 10.0. The molecule has 1 aliphatic rings. The number of amides is 10. The number of hydrogen-bond acceptors (Lipinski definition) is 19. The van der Waals surface area contributed by atoms with Gasteiger partial charge in [-0.05, 0) is 136 Å². The second-order valence-electron chi connectivity index (χ2n) is 21.1. The zero-order valence-electron chi connectivity index (χ0n) is 49.8. The van der Waals surface area contributed by atoms with Crippen molar-refractivity contribution in [1.82, 2.24) is 62.7 Å². The van der Waals surface area contributed by atoms with Crippen LogP contribution in [0.25, 0.3) is 0 Å². The Labute approximate surface area is 505 Å². The van der Waals surface area contributed by atoms with E-state index < -0.39 is 133 Å².